The van der Waals surface area contributed by atoms with Crippen LogP contribution in [0.4, 0.5) is 0 Å². The number of rotatable bonds is 3. The van der Waals surface area contributed by atoms with Crippen LogP contribution in [-0.4, -0.2) is 17.9 Å². The minimum Gasteiger partial charge on any atom is -0.341 e. The van der Waals surface area contributed by atoms with Gasteiger partial charge < -0.3 is 4.90 Å². The number of hydrogen-bond donors (Lipinski definition) is 0. The predicted molar refractivity (Wildman–Crippen MR) is 70.4 cm³/mol. The molecule has 2 rings (SSSR count). The summed E-state index contributed by atoms with van der Waals surface area (Å²) in [6, 6.07) is 2.07. The Kier molecular flexibility index (Phi) is 3.82. The maximum atomic E-state index is 12.0. The zero-order valence-corrected chi connectivity index (χ0v) is 11.6. The molecule has 1 aliphatic carbocycles. The molecular formula is C12H14BrNOS. The van der Waals surface area contributed by atoms with Gasteiger partial charge in [-0.3, -0.25) is 4.79 Å². The maximum absolute atomic E-state index is 12.0. The Morgan fingerprint density at radius 2 is 2.25 bits per heavy atom. The molecule has 2 nitrogen and oxygen atoms in total. The first-order valence-corrected chi connectivity index (χ1v) is 6.97. The summed E-state index contributed by atoms with van der Waals surface area (Å²) in [4.78, 5) is 13.9. The quantitative estimate of drug-likeness (QED) is 0.783. The van der Waals surface area contributed by atoms with Crippen LogP contribution in [0.1, 0.15) is 18.4 Å². The Morgan fingerprint density at radius 3 is 2.81 bits per heavy atom. The minimum absolute atomic E-state index is 0.173. The van der Waals surface area contributed by atoms with E-state index < -0.39 is 0 Å². The molecule has 0 radical (unpaired) electrons. The van der Waals surface area contributed by atoms with E-state index in [2.05, 4.69) is 39.5 Å². The molecule has 0 saturated heterocycles. The second-order valence-electron chi connectivity index (χ2n) is 4.09. The van der Waals surface area contributed by atoms with Crippen molar-refractivity contribution in [1.29, 1.82) is 0 Å². The van der Waals surface area contributed by atoms with E-state index in [1.165, 1.54) is 5.56 Å². The third kappa shape index (κ3) is 2.74. The molecule has 16 heavy (non-hydrogen) atoms. The van der Waals surface area contributed by atoms with Gasteiger partial charge in [-0.15, -0.1) is 11.3 Å². The van der Waals surface area contributed by atoms with Gasteiger partial charge in [-0.25, -0.2) is 0 Å². The van der Waals surface area contributed by atoms with Crippen LogP contribution >= 0.6 is 27.3 Å². The normalized spacial score (nSPS) is 15.6. The minimum atomic E-state index is 0.173. The summed E-state index contributed by atoms with van der Waals surface area (Å²) in [5, 5.41) is 2.08. The van der Waals surface area contributed by atoms with Crippen molar-refractivity contribution in [1.82, 2.24) is 4.90 Å². The van der Waals surface area contributed by atoms with Crippen molar-refractivity contribution in [3.63, 3.8) is 0 Å². The van der Waals surface area contributed by atoms with E-state index in [1.54, 1.807) is 11.3 Å². The Bertz CT molecular complexity index is 405. The molecule has 0 fully saturated rings. The van der Waals surface area contributed by atoms with Gasteiger partial charge in [0.1, 0.15) is 0 Å². The molecule has 1 aromatic heterocycles. The lowest BCUT2D eigenvalue weighted by Gasteiger charge is -2.20. The van der Waals surface area contributed by atoms with Gasteiger partial charge in [0, 0.05) is 19.5 Å². The fourth-order valence-corrected chi connectivity index (χ4v) is 3.11. The second kappa shape index (κ2) is 5.15. The lowest BCUT2D eigenvalue weighted by atomic mass is 10.1. The van der Waals surface area contributed by atoms with Crippen LogP contribution in [0.25, 0.3) is 0 Å². The average Bonchev–Trinajstić information content (AvgIpc) is 2.88. The molecule has 0 atom stereocenters. The zero-order valence-electron chi connectivity index (χ0n) is 9.15. The molecule has 1 amide bonds. The van der Waals surface area contributed by atoms with Crippen molar-refractivity contribution in [2.45, 2.75) is 19.4 Å². The topological polar surface area (TPSA) is 20.3 Å². The highest BCUT2D eigenvalue weighted by molar-refractivity contribution is 9.11. The summed E-state index contributed by atoms with van der Waals surface area (Å²) in [6.07, 6.45) is 5.99. The van der Waals surface area contributed by atoms with Crippen LogP contribution in [0, 0.1) is 5.92 Å². The summed E-state index contributed by atoms with van der Waals surface area (Å²) in [7, 11) is 1.88. The van der Waals surface area contributed by atoms with Gasteiger partial charge in [-0.1, -0.05) is 12.2 Å². The first-order chi connectivity index (χ1) is 7.66. The SMILES string of the molecule is CN(Cc1csc(Br)c1)C(=O)C1CC=CC1. The van der Waals surface area contributed by atoms with E-state index in [-0.39, 0.29) is 11.8 Å². The Labute approximate surface area is 108 Å². The van der Waals surface area contributed by atoms with Crippen LogP contribution in [-0.2, 0) is 11.3 Å². The van der Waals surface area contributed by atoms with Crippen LogP contribution in [0.15, 0.2) is 27.4 Å². The highest BCUT2D eigenvalue weighted by Crippen LogP contribution is 2.24. The summed E-state index contributed by atoms with van der Waals surface area (Å²) in [6.45, 7) is 0.706. The number of hydrogen-bond acceptors (Lipinski definition) is 2. The van der Waals surface area contributed by atoms with Gasteiger partial charge >= 0.3 is 0 Å². The molecular weight excluding hydrogens is 286 g/mol. The van der Waals surface area contributed by atoms with Gasteiger partial charge in [0.05, 0.1) is 3.79 Å². The van der Waals surface area contributed by atoms with E-state index >= 15 is 0 Å². The summed E-state index contributed by atoms with van der Waals surface area (Å²) < 4.78 is 1.12. The molecule has 0 unspecified atom stereocenters. The van der Waals surface area contributed by atoms with E-state index in [0.717, 1.165) is 16.6 Å². The number of allylic oxidation sites excluding steroid dienone is 2. The van der Waals surface area contributed by atoms with Gasteiger partial charge in [0.2, 0.25) is 5.91 Å². The van der Waals surface area contributed by atoms with Crippen LogP contribution in [0.3, 0.4) is 0 Å². The number of carbonyl (C=O) groups excluding carboxylic acids is 1. The number of carbonyl (C=O) groups is 1. The fraction of sp³-hybridized carbons (Fsp3) is 0.417. The number of amides is 1. The molecule has 0 N–H and O–H groups in total. The van der Waals surface area contributed by atoms with Crippen molar-refractivity contribution >= 4 is 33.2 Å². The third-order valence-corrected chi connectivity index (χ3v) is 4.33. The summed E-state index contributed by atoms with van der Waals surface area (Å²) >= 11 is 5.09. The van der Waals surface area contributed by atoms with E-state index in [0.29, 0.717) is 6.54 Å². The second-order valence-corrected chi connectivity index (χ2v) is 6.38. The molecule has 0 aromatic carbocycles. The highest BCUT2D eigenvalue weighted by atomic mass is 79.9. The lowest BCUT2D eigenvalue weighted by Crippen LogP contribution is -2.31. The van der Waals surface area contributed by atoms with E-state index in [4.69, 9.17) is 0 Å². The Hall–Kier alpha value is -0.610. The van der Waals surface area contributed by atoms with Crippen LogP contribution in [0.5, 0.6) is 0 Å². The van der Waals surface area contributed by atoms with Crippen molar-refractivity contribution in [3.05, 3.63) is 32.9 Å². The predicted octanol–water partition coefficient (Wildman–Crippen LogP) is 3.44. The largest absolute Gasteiger partial charge is 0.341 e. The van der Waals surface area contributed by atoms with Crippen LogP contribution in [0.2, 0.25) is 0 Å². The summed E-state index contributed by atoms with van der Waals surface area (Å²) in [5.41, 5.74) is 1.19. The maximum Gasteiger partial charge on any atom is 0.226 e. The van der Waals surface area contributed by atoms with Gasteiger partial charge in [-0.05, 0) is 45.8 Å². The number of nitrogens with zero attached hydrogens (tertiary/aromatic N) is 1. The molecule has 0 bridgehead atoms. The molecule has 1 heterocycles. The fourth-order valence-electron chi connectivity index (χ4n) is 1.91. The Morgan fingerprint density at radius 1 is 1.56 bits per heavy atom. The number of halogens is 1. The van der Waals surface area contributed by atoms with Gasteiger partial charge in [0.15, 0.2) is 0 Å². The molecule has 0 saturated carbocycles. The van der Waals surface area contributed by atoms with Crippen molar-refractivity contribution < 1.29 is 4.79 Å². The lowest BCUT2D eigenvalue weighted by molar-refractivity contribution is -0.134. The van der Waals surface area contributed by atoms with Crippen molar-refractivity contribution in [3.8, 4) is 0 Å². The molecule has 0 aliphatic heterocycles. The first-order valence-electron chi connectivity index (χ1n) is 5.29. The summed E-state index contributed by atoms with van der Waals surface area (Å²) in [5.74, 6) is 0.430. The molecule has 86 valence electrons. The highest BCUT2D eigenvalue weighted by Gasteiger charge is 2.22. The molecule has 1 aliphatic rings. The van der Waals surface area contributed by atoms with E-state index in [9.17, 15) is 4.79 Å². The average molecular weight is 300 g/mol. The van der Waals surface area contributed by atoms with Crippen LogP contribution < -0.4 is 0 Å². The smallest absolute Gasteiger partial charge is 0.226 e. The molecule has 4 heteroatoms. The Balaban J connectivity index is 1.92. The molecule has 1 aromatic rings. The van der Waals surface area contributed by atoms with Crippen molar-refractivity contribution in [2.24, 2.45) is 5.92 Å². The zero-order chi connectivity index (χ0) is 11.5. The van der Waals surface area contributed by atoms with Gasteiger partial charge in [-0.2, -0.15) is 0 Å². The first kappa shape index (κ1) is 11.9. The monoisotopic (exact) mass is 299 g/mol. The van der Waals surface area contributed by atoms with E-state index in [1.807, 2.05) is 11.9 Å². The third-order valence-electron chi connectivity index (χ3n) is 2.77. The standard InChI is InChI=1S/C12H14BrNOS/c1-14(7-9-6-11(13)16-8-9)12(15)10-4-2-3-5-10/h2-3,6,8,10H,4-5,7H2,1H3. The van der Waals surface area contributed by atoms with Crippen molar-refractivity contribution in [2.75, 3.05) is 7.05 Å². The van der Waals surface area contributed by atoms with Gasteiger partial charge in [0.25, 0.3) is 0 Å². The number of thiophene rings is 1. The molecule has 0 spiro atoms.